The number of nitrogens with one attached hydrogen (secondary N) is 1. The van der Waals surface area contributed by atoms with Gasteiger partial charge in [0.15, 0.2) is 0 Å². The topological polar surface area (TPSA) is 44.8 Å². The van der Waals surface area contributed by atoms with Crippen LogP contribution in [0.2, 0.25) is 0 Å². The summed E-state index contributed by atoms with van der Waals surface area (Å²) in [5, 5.41) is 3.08. The van der Waals surface area contributed by atoms with Gasteiger partial charge in [-0.15, -0.1) is 11.8 Å². The van der Waals surface area contributed by atoms with E-state index in [-0.39, 0.29) is 5.91 Å². The second-order valence-electron chi connectivity index (χ2n) is 6.46. The van der Waals surface area contributed by atoms with E-state index in [2.05, 4.69) is 28.1 Å². The third-order valence-corrected chi connectivity index (χ3v) is 5.69. The van der Waals surface area contributed by atoms with Crippen molar-refractivity contribution in [1.82, 2.24) is 4.90 Å². The molecular weight excluding hydrogens is 358 g/mol. The van der Waals surface area contributed by atoms with E-state index < -0.39 is 0 Å². The predicted octanol–water partition coefficient (Wildman–Crippen LogP) is 3.81. The molecule has 0 aliphatic carbocycles. The number of anilines is 2. The maximum atomic E-state index is 12.9. The van der Waals surface area contributed by atoms with Crippen molar-refractivity contribution in [3.05, 3.63) is 48.0 Å². The maximum Gasteiger partial charge on any atom is 0.259 e. The number of thioether (sulfide) groups is 1. The molecule has 1 aliphatic heterocycles. The van der Waals surface area contributed by atoms with Gasteiger partial charge in [0.05, 0.1) is 24.0 Å². The molecule has 2 aromatic rings. The highest BCUT2D eigenvalue weighted by Crippen LogP contribution is 2.29. The summed E-state index contributed by atoms with van der Waals surface area (Å²) >= 11 is 1.62. The SMILES string of the molecule is CCN1CCN(c2ccccc2NC(=O)c2ccc(SC)cc2OC)CC1. The molecule has 6 heteroatoms. The quantitative estimate of drug-likeness (QED) is 0.766. The molecule has 0 aromatic heterocycles. The van der Waals surface area contributed by atoms with E-state index in [1.807, 2.05) is 42.7 Å². The zero-order valence-electron chi connectivity index (χ0n) is 16.2. The predicted molar refractivity (Wildman–Crippen MR) is 113 cm³/mol. The third kappa shape index (κ3) is 4.57. The van der Waals surface area contributed by atoms with E-state index >= 15 is 0 Å². The molecule has 0 atom stereocenters. The Balaban J connectivity index is 1.79. The van der Waals surface area contributed by atoms with Gasteiger partial charge in [0, 0.05) is 31.1 Å². The normalized spacial score (nSPS) is 14.9. The van der Waals surface area contributed by atoms with Crippen LogP contribution in [0.1, 0.15) is 17.3 Å². The molecule has 1 aliphatic rings. The average Bonchev–Trinajstić information content (AvgIpc) is 2.73. The number of rotatable bonds is 6. The minimum atomic E-state index is -0.154. The minimum Gasteiger partial charge on any atom is -0.496 e. The lowest BCUT2D eigenvalue weighted by Crippen LogP contribution is -2.46. The first-order valence-corrected chi connectivity index (χ1v) is 10.5. The molecule has 0 saturated carbocycles. The van der Waals surface area contributed by atoms with Gasteiger partial charge in [0.2, 0.25) is 0 Å². The molecule has 1 heterocycles. The van der Waals surface area contributed by atoms with Crippen LogP contribution in [0.4, 0.5) is 11.4 Å². The van der Waals surface area contributed by atoms with Gasteiger partial charge in [-0.1, -0.05) is 19.1 Å². The average molecular weight is 386 g/mol. The Labute approximate surface area is 165 Å². The van der Waals surface area contributed by atoms with E-state index in [0.717, 1.165) is 49.0 Å². The van der Waals surface area contributed by atoms with Crippen LogP contribution < -0.4 is 15.0 Å². The van der Waals surface area contributed by atoms with E-state index in [1.165, 1.54) is 0 Å². The summed E-state index contributed by atoms with van der Waals surface area (Å²) in [6.45, 7) is 7.29. The summed E-state index contributed by atoms with van der Waals surface area (Å²) in [6, 6.07) is 13.7. The summed E-state index contributed by atoms with van der Waals surface area (Å²) in [7, 11) is 1.59. The van der Waals surface area contributed by atoms with Gasteiger partial charge in [-0.2, -0.15) is 0 Å². The van der Waals surface area contributed by atoms with Crippen LogP contribution in [0, 0.1) is 0 Å². The molecule has 144 valence electrons. The Kier molecular flexibility index (Phi) is 6.63. The second kappa shape index (κ2) is 9.15. The summed E-state index contributed by atoms with van der Waals surface area (Å²) in [5.41, 5.74) is 2.45. The molecule has 0 unspecified atom stereocenters. The van der Waals surface area contributed by atoms with Gasteiger partial charge in [-0.25, -0.2) is 0 Å². The Morgan fingerprint density at radius 3 is 2.56 bits per heavy atom. The minimum absolute atomic E-state index is 0.154. The third-order valence-electron chi connectivity index (χ3n) is 4.97. The Morgan fingerprint density at radius 1 is 1.15 bits per heavy atom. The number of carbonyl (C=O) groups excluding carboxylic acids is 1. The van der Waals surface area contributed by atoms with E-state index in [0.29, 0.717) is 11.3 Å². The van der Waals surface area contributed by atoms with Gasteiger partial charge in [-0.05, 0) is 43.1 Å². The molecular formula is C21H27N3O2S. The lowest BCUT2D eigenvalue weighted by atomic mass is 10.1. The van der Waals surface area contributed by atoms with Crippen LogP contribution in [0.25, 0.3) is 0 Å². The summed E-state index contributed by atoms with van der Waals surface area (Å²) in [4.78, 5) is 18.8. The fourth-order valence-electron chi connectivity index (χ4n) is 3.34. The lowest BCUT2D eigenvalue weighted by molar-refractivity contribution is 0.102. The zero-order chi connectivity index (χ0) is 19.2. The molecule has 5 nitrogen and oxygen atoms in total. The van der Waals surface area contributed by atoms with Crippen molar-refractivity contribution >= 4 is 29.0 Å². The van der Waals surface area contributed by atoms with Crippen LogP contribution in [0.5, 0.6) is 5.75 Å². The Morgan fingerprint density at radius 2 is 1.89 bits per heavy atom. The van der Waals surface area contributed by atoms with Crippen molar-refractivity contribution in [2.45, 2.75) is 11.8 Å². The first-order chi connectivity index (χ1) is 13.2. The van der Waals surface area contributed by atoms with Gasteiger partial charge in [0.1, 0.15) is 5.75 Å². The van der Waals surface area contributed by atoms with Crippen molar-refractivity contribution in [1.29, 1.82) is 0 Å². The number of benzene rings is 2. The van der Waals surface area contributed by atoms with Gasteiger partial charge in [-0.3, -0.25) is 4.79 Å². The number of carbonyl (C=O) groups is 1. The van der Waals surface area contributed by atoms with Crippen molar-refractivity contribution < 1.29 is 9.53 Å². The van der Waals surface area contributed by atoms with E-state index in [9.17, 15) is 4.79 Å². The summed E-state index contributed by atoms with van der Waals surface area (Å²) in [6.07, 6.45) is 2.00. The van der Waals surface area contributed by atoms with Gasteiger partial charge >= 0.3 is 0 Å². The van der Waals surface area contributed by atoms with Crippen LogP contribution in [-0.2, 0) is 0 Å². The number of likely N-dealkylation sites (N-methyl/N-ethyl adjacent to an activating group) is 1. The molecule has 0 radical (unpaired) electrons. The molecule has 1 saturated heterocycles. The standard InChI is InChI=1S/C21H27N3O2S/c1-4-23-11-13-24(14-12-23)19-8-6-5-7-18(19)22-21(25)17-10-9-16(27-3)15-20(17)26-2/h5-10,15H,4,11-14H2,1-3H3,(H,22,25). The molecule has 0 bridgehead atoms. The van der Waals surface area contributed by atoms with Crippen LogP contribution in [0.3, 0.4) is 0 Å². The molecule has 0 spiro atoms. The Bertz CT molecular complexity index is 789. The van der Waals surface area contributed by atoms with E-state index in [4.69, 9.17) is 4.74 Å². The number of hydrogen-bond acceptors (Lipinski definition) is 5. The number of hydrogen-bond donors (Lipinski definition) is 1. The number of piperazine rings is 1. The first kappa shape index (κ1) is 19.6. The first-order valence-electron chi connectivity index (χ1n) is 9.26. The highest BCUT2D eigenvalue weighted by Gasteiger charge is 2.20. The summed E-state index contributed by atoms with van der Waals surface area (Å²) in [5.74, 6) is 0.438. The van der Waals surface area contributed by atoms with Crippen LogP contribution in [-0.4, -0.2) is 56.9 Å². The molecule has 3 rings (SSSR count). The fraction of sp³-hybridized carbons (Fsp3) is 0.381. The van der Waals surface area contributed by atoms with Gasteiger partial charge in [0.25, 0.3) is 5.91 Å². The fourth-order valence-corrected chi connectivity index (χ4v) is 3.76. The number of para-hydroxylation sites is 2. The number of methoxy groups -OCH3 is 1. The zero-order valence-corrected chi connectivity index (χ0v) is 17.0. The number of nitrogens with zero attached hydrogens (tertiary/aromatic N) is 2. The van der Waals surface area contributed by atoms with Crippen molar-refractivity contribution in [2.75, 3.05) is 56.3 Å². The smallest absolute Gasteiger partial charge is 0.259 e. The molecule has 27 heavy (non-hydrogen) atoms. The Hall–Kier alpha value is -2.18. The summed E-state index contributed by atoms with van der Waals surface area (Å²) < 4.78 is 5.43. The van der Waals surface area contributed by atoms with Crippen LogP contribution >= 0.6 is 11.8 Å². The monoisotopic (exact) mass is 385 g/mol. The number of ether oxygens (including phenoxy) is 1. The van der Waals surface area contributed by atoms with Gasteiger partial charge < -0.3 is 19.9 Å². The highest BCUT2D eigenvalue weighted by molar-refractivity contribution is 7.98. The second-order valence-corrected chi connectivity index (χ2v) is 7.34. The molecule has 2 aromatic carbocycles. The lowest BCUT2D eigenvalue weighted by Gasteiger charge is -2.36. The largest absolute Gasteiger partial charge is 0.496 e. The van der Waals surface area contributed by atoms with Crippen molar-refractivity contribution in [2.24, 2.45) is 0 Å². The molecule has 1 N–H and O–H groups in total. The molecule has 1 amide bonds. The maximum absolute atomic E-state index is 12.9. The van der Waals surface area contributed by atoms with Crippen molar-refractivity contribution in [3.8, 4) is 5.75 Å². The number of amides is 1. The van der Waals surface area contributed by atoms with E-state index in [1.54, 1.807) is 18.9 Å². The highest BCUT2D eigenvalue weighted by atomic mass is 32.2. The van der Waals surface area contributed by atoms with Crippen molar-refractivity contribution in [3.63, 3.8) is 0 Å². The van der Waals surface area contributed by atoms with Crippen LogP contribution in [0.15, 0.2) is 47.4 Å². The molecule has 1 fully saturated rings.